The molecule has 1 aromatic heterocycles. The van der Waals surface area contributed by atoms with Crippen molar-refractivity contribution in [1.82, 2.24) is 5.32 Å². The second-order valence-electron chi connectivity index (χ2n) is 6.50. The summed E-state index contributed by atoms with van der Waals surface area (Å²) in [6.07, 6.45) is 7.81. The van der Waals surface area contributed by atoms with Crippen molar-refractivity contribution < 1.29 is 9.53 Å². The highest BCUT2D eigenvalue weighted by Crippen LogP contribution is 2.37. The minimum atomic E-state index is 0.0950. The number of nitrogens with one attached hydrogen (secondary N) is 1. The number of ether oxygens (including phenoxy) is 1. The van der Waals surface area contributed by atoms with Gasteiger partial charge in [0.15, 0.2) is 0 Å². The first-order valence-electron chi connectivity index (χ1n) is 8.17. The maximum Gasteiger partial charge on any atom is 0.220 e. The summed E-state index contributed by atoms with van der Waals surface area (Å²) in [4.78, 5) is 13.6. The Bertz CT molecular complexity index is 445. The minimum absolute atomic E-state index is 0.0950. The van der Waals surface area contributed by atoms with Gasteiger partial charge in [0.1, 0.15) is 0 Å². The van der Waals surface area contributed by atoms with Gasteiger partial charge in [0.25, 0.3) is 0 Å². The van der Waals surface area contributed by atoms with Crippen LogP contribution in [0.2, 0.25) is 0 Å². The van der Waals surface area contributed by atoms with Gasteiger partial charge in [-0.25, -0.2) is 0 Å². The number of hydrogen-bond acceptors (Lipinski definition) is 3. The van der Waals surface area contributed by atoms with E-state index in [-0.39, 0.29) is 11.3 Å². The maximum atomic E-state index is 12.2. The average molecular weight is 307 g/mol. The predicted molar refractivity (Wildman–Crippen MR) is 85.6 cm³/mol. The van der Waals surface area contributed by atoms with E-state index in [9.17, 15) is 4.79 Å². The van der Waals surface area contributed by atoms with Gasteiger partial charge < -0.3 is 10.1 Å². The van der Waals surface area contributed by atoms with Crippen LogP contribution in [0.25, 0.3) is 0 Å². The van der Waals surface area contributed by atoms with Crippen molar-refractivity contribution >= 4 is 17.2 Å². The highest BCUT2D eigenvalue weighted by molar-refractivity contribution is 7.10. The first kappa shape index (κ1) is 15.0. The molecule has 1 N–H and O–H groups in total. The lowest BCUT2D eigenvalue weighted by molar-refractivity contribution is -0.122. The molecule has 3 rings (SSSR count). The van der Waals surface area contributed by atoms with Gasteiger partial charge in [-0.3, -0.25) is 4.79 Å². The molecule has 2 fully saturated rings. The molecule has 1 amide bonds. The molecule has 3 nitrogen and oxygen atoms in total. The van der Waals surface area contributed by atoms with Gasteiger partial charge >= 0.3 is 0 Å². The molecular weight excluding hydrogens is 282 g/mol. The SMILES string of the molecule is O=C(CC1CCCC1)NCC1(c2cccs2)CCOCC1. The first-order chi connectivity index (χ1) is 10.3. The molecule has 0 unspecified atom stereocenters. The largest absolute Gasteiger partial charge is 0.381 e. The van der Waals surface area contributed by atoms with Crippen LogP contribution in [0.15, 0.2) is 17.5 Å². The number of carbonyl (C=O) groups is 1. The molecule has 0 bridgehead atoms. The summed E-state index contributed by atoms with van der Waals surface area (Å²) in [6.45, 7) is 2.37. The van der Waals surface area contributed by atoms with Crippen LogP contribution in [-0.4, -0.2) is 25.7 Å². The summed E-state index contributed by atoms with van der Waals surface area (Å²) in [6, 6.07) is 4.32. The van der Waals surface area contributed by atoms with Crippen LogP contribution >= 0.6 is 11.3 Å². The van der Waals surface area contributed by atoms with Gasteiger partial charge in [-0.1, -0.05) is 18.9 Å². The lowest BCUT2D eigenvalue weighted by Crippen LogP contribution is -2.44. The molecule has 1 saturated carbocycles. The van der Waals surface area contributed by atoms with Crippen molar-refractivity contribution in [2.45, 2.75) is 50.4 Å². The van der Waals surface area contributed by atoms with Crippen LogP contribution in [0.3, 0.4) is 0 Å². The van der Waals surface area contributed by atoms with Crippen LogP contribution in [0.1, 0.15) is 49.8 Å². The van der Waals surface area contributed by atoms with Crippen molar-refractivity contribution in [2.75, 3.05) is 19.8 Å². The Balaban J connectivity index is 1.58. The van der Waals surface area contributed by atoms with Crippen LogP contribution in [0.4, 0.5) is 0 Å². The Labute approximate surface area is 131 Å². The van der Waals surface area contributed by atoms with Crippen LogP contribution < -0.4 is 5.32 Å². The third-order valence-electron chi connectivity index (χ3n) is 5.07. The quantitative estimate of drug-likeness (QED) is 0.904. The van der Waals surface area contributed by atoms with Crippen molar-refractivity contribution in [1.29, 1.82) is 0 Å². The average Bonchev–Trinajstić information content (AvgIpc) is 3.19. The second-order valence-corrected chi connectivity index (χ2v) is 7.45. The molecule has 0 radical (unpaired) electrons. The van der Waals surface area contributed by atoms with E-state index in [1.54, 1.807) is 11.3 Å². The highest BCUT2D eigenvalue weighted by atomic mass is 32.1. The molecule has 0 aromatic carbocycles. The number of thiophene rings is 1. The van der Waals surface area contributed by atoms with Crippen LogP contribution in [0.5, 0.6) is 0 Å². The lowest BCUT2D eigenvalue weighted by atomic mass is 9.78. The third-order valence-corrected chi connectivity index (χ3v) is 6.18. The molecule has 1 aliphatic carbocycles. The van der Waals surface area contributed by atoms with Gasteiger partial charge in [0.05, 0.1) is 0 Å². The normalized spacial score (nSPS) is 22.3. The molecule has 116 valence electrons. The van der Waals surface area contributed by atoms with Gasteiger partial charge in [-0.05, 0) is 43.0 Å². The molecule has 0 atom stereocenters. The monoisotopic (exact) mass is 307 g/mol. The third kappa shape index (κ3) is 3.67. The minimum Gasteiger partial charge on any atom is -0.381 e. The zero-order valence-electron chi connectivity index (χ0n) is 12.6. The van der Waals surface area contributed by atoms with Crippen molar-refractivity contribution in [3.63, 3.8) is 0 Å². The topological polar surface area (TPSA) is 38.3 Å². The predicted octanol–water partition coefficient (Wildman–Crippen LogP) is 3.49. The van der Waals surface area contributed by atoms with Crippen molar-refractivity contribution in [2.24, 2.45) is 5.92 Å². The molecule has 4 heteroatoms. The Morgan fingerprint density at radius 1 is 1.33 bits per heavy atom. The molecule has 1 aliphatic heterocycles. The van der Waals surface area contributed by atoms with E-state index < -0.39 is 0 Å². The summed E-state index contributed by atoms with van der Waals surface area (Å²) in [5, 5.41) is 5.35. The number of carbonyl (C=O) groups excluding carboxylic acids is 1. The standard InChI is InChI=1S/C17H25NO2S/c19-16(12-14-4-1-2-5-14)18-13-17(7-9-20-10-8-17)15-6-3-11-21-15/h3,6,11,14H,1-2,4-5,7-10,12-13H2,(H,18,19). The Morgan fingerprint density at radius 2 is 2.10 bits per heavy atom. The number of hydrogen-bond donors (Lipinski definition) is 1. The van der Waals surface area contributed by atoms with E-state index in [0.717, 1.165) is 39.0 Å². The molecular formula is C17H25NO2S. The van der Waals surface area contributed by atoms with Gasteiger partial charge in [0.2, 0.25) is 5.91 Å². The fraction of sp³-hybridized carbons (Fsp3) is 0.706. The fourth-order valence-corrected chi connectivity index (χ4v) is 4.66. The summed E-state index contributed by atoms with van der Waals surface area (Å²) in [7, 11) is 0. The molecule has 21 heavy (non-hydrogen) atoms. The first-order valence-corrected chi connectivity index (χ1v) is 9.05. The van der Waals surface area contributed by atoms with E-state index in [4.69, 9.17) is 4.74 Å². The van der Waals surface area contributed by atoms with Crippen LogP contribution in [-0.2, 0) is 14.9 Å². The Kier molecular flexibility index (Phi) is 4.96. The van der Waals surface area contributed by atoms with Crippen LogP contribution in [0, 0.1) is 5.92 Å². The van der Waals surface area contributed by atoms with E-state index >= 15 is 0 Å². The Hall–Kier alpha value is -0.870. The van der Waals surface area contributed by atoms with E-state index in [0.29, 0.717) is 5.92 Å². The summed E-state index contributed by atoms with van der Waals surface area (Å²) >= 11 is 1.81. The smallest absolute Gasteiger partial charge is 0.220 e. The molecule has 0 spiro atoms. The lowest BCUT2D eigenvalue weighted by Gasteiger charge is -2.36. The number of amides is 1. The molecule has 2 aliphatic rings. The fourth-order valence-electron chi connectivity index (χ4n) is 3.67. The second kappa shape index (κ2) is 6.93. The molecule has 1 saturated heterocycles. The van der Waals surface area contributed by atoms with E-state index in [1.165, 1.54) is 30.6 Å². The summed E-state index contributed by atoms with van der Waals surface area (Å²) in [5.41, 5.74) is 0.0950. The Morgan fingerprint density at radius 3 is 2.76 bits per heavy atom. The van der Waals surface area contributed by atoms with Gasteiger partial charge in [-0.15, -0.1) is 11.3 Å². The maximum absolute atomic E-state index is 12.2. The van der Waals surface area contributed by atoms with Gasteiger partial charge in [-0.2, -0.15) is 0 Å². The van der Waals surface area contributed by atoms with E-state index in [1.807, 2.05) is 0 Å². The van der Waals surface area contributed by atoms with Gasteiger partial charge in [0, 0.05) is 36.5 Å². The zero-order valence-corrected chi connectivity index (χ0v) is 13.4. The zero-order chi connectivity index (χ0) is 14.5. The summed E-state index contributed by atoms with van der Waals surface area (Å²) in [5.74, 6) is 0.863. The van der Waals surface area contributed by atoms with E-state index in [2.05, 4.69) is 22.8 Å². The van der Waals surface area contributed by atoms with Crippen molar-refractivity contribution in [3.05, 3.63) is 22.4 Å². The molecule has 2 heterocycles. The van der Waals surface area contributed by atoms with Crippen molar-refractivity contribution in [3.8, 4) is 0 Å². The molecule has 1 aromatic rings. The summed E-state index contributed by atoms with van der Waals surface area (Å²) < 4.78 is 5.53. The highest BCUT2D eigenvalue weighted by Gasteiger charge is 2.35. The number of rotatable bonds is 5.